The van der Waals surface area contributed by atoms with Crippen molar-refractivity contribution in [1.29, 1.82) is 0 Å². The van der Waals surface area contributed by atoms with E-state index in [9.17, 15) is 19.7 Å². The zero-order valence-electron chi connectivity index (χ0n) is 16.8. The standard InChI is InChI=1S/C20H22ClN3O6/c1-4-23(5-2)19(25)12-30-18-8-6-13(10-16(18)21)22-20(26)15-11-14(24(27)28)7-9-17(15)29-3/h6-11H,4-5,12H2,1-3H3,(H,22,26). The van der Waals surface area contributed by atoms with Crippen LogP contribution in [0.15, 0.2) is 36.4 Å². The lowest BCUT2D eigenvalue weighted by Crippen LogP contribution is -2.34. The van der Waals surface area contributed by atoms with Crippen LogP contribution in [0.25, 0.3) is 0 Å². The molecule has 1 N–H and O–H groups in total. The molecule has 2 amide bonds. The van der Waals surface area contributed by atoms with Crippen LogP contribution < -0.4 is 14.8 Å². The quantitative estimate of drug-likeness (QED) is 0.474. The highest BCUT2D eigenvalue weighted by Gasteiger charge is 2.18. The minimum atomic E-state index is -0.600. The van der Waals surface area contributed by atoms with Crippen molar-refractivity contribution in [3.05, 3.63) is 57.1 Å². The van der Waals surface area contributed by atoms with E-state index in [4.69, 9.17) is 21.1 Å². The molecule has 0 fully saturated rings. The van der Waals surface area contributed by atoms with Crippen LogP contribution in [0, 0.1) is 10.1 Å². The Labute approximate surface area is 178 Å². The molecular formula is C20H22ClN3O6. The Balaban J connectivity index is 2.12. The molecular weight excluding hydrogens is 414 g/mol. The zero-order valence-corrected chi connectivity index (χ0v) is 17.6. The lowest BCUT2D eigenvalue weighted by molar-refractivity contribution is -0.384. The van der Waals surface area contributed by atoms with E-state index in [-0.39, 0.29) is 34.5 Å². The fourth-order valence-electron chi connectivity index (χ4n) is 2.69. The van der Waals surface area contributed by atoms with Crippen LogP contribution in [0.2, 0.25) is 5.02 Å². The normalized spacial score (nSPS) is 10.3. The van der Waals surface area contributed by atoms with Crippen LogP contribution in [-0.4, -0.2) is 48.4 Å². The Kier molecular flexibility index (Phi) is 7.99. The van der Waals surface area contributed by atoms with E-state index < -0.39 is 10.8 Å². The summed E-state index contributed by atoms with van der Waals surface area (Å²) in [7, 11) is 1.36. The fraction of sp³-hybridized carbons (Fsp3) is 0.300. The first-order valence-corrected chi connectivity index (χ1v) is 9.52. The van der Waals surface area contributed by atoms with Crippen molar-refractivity contribution in [1.82, 2.24) is 4.90 Å². The first-order chi connectivity index (χ1) is 14.3. The SMILES string of the molecule is CCN(CC)C(=O)COc1ccc(NC(=O)c2cc([N+](=O)[O-])ccc2OC)cc1Cl. The van der Waals surface area contributed by atoms with Crippen LogP contribution in [0.4, 0.5) is 11.4 Å². The molecule has 0 saturated carbocycles. The monoisotopic (exact) mass is 435 g/mol. The Morgan fingerprint density at radius 2 is 1.80 bits per heavy atom. The lowest BCUT2D eigenvalue weighted by Gasteiger charge is -2.19. The minimum absolute atomic E-state index is 0.00738. The fourth-order valence-corrected chi connectivity index (χ4v) is 2.92. The van der Waals surface area contributed by atoms with Crippen molar-refractivity contribution in [2.75, 3.05) is 32.1 Å². The van der Waals surface area contributed by atoms with Gasteiger partial charge in [-0.2, -0.15) is 0 Å². The van der Waals surface area contributed by atoms with Gasteiger partial charge in [0.1, 0.15) is 11.5 Å². The molecule has 2 aromatic rings. The number of ether oxygens (including phenoxy) is 2. The summed E-state index contributed by atoms with van der Waals surface area (Å²) in [5, 5.41) is 13.8. The van der Waals surface area contributed by atoms with Crippen molar-refractivity contribution >= 4 is 34.8 Å². The molecule has 0 aliphatic carbocycles. The highest BCUT2D eigenvalue weighted by atomic mass is 35.5. The topological polar surface area (TPSA) is 111 Å². The van der Waals surface area contributed by atoms with Crippen molar-refractivity contribution < 1.29 is 24.0 Å². The van der Waals surface area contributed by atoms with Crippen molar-refractivity contribution in [3.63, 3.8) is 0 Å². The van der Waals surface area contributed by atoms with Gasteiger partial charge in [-0.25, -0.2) is 0 Å². The zero-order chi connectivity index (χ0) is 22.3. The molecule has 9 nitrogen and oxygen atoms in total. The summed E-state index contributed by atoms with van der Waals surface area (Å²) in [4.78, 5) is 36.6. The summed E-state index contributed by atoms with van der Waals surface area (Å²) in [6.45, 7) is 4.76. The molecule has 0 aliphatic rings. The van der Waals surface area contributed by atoms with E-state index in [1.165, 1.54) is 31.4 Å². The first kappa shape index (κ1) is 23.0. The van der Waals surface area contributed by atoms with Gasteiger partial charge in [-0.1, -0.05) is 11.6 Å². The molecule has 0 aliphatic heterocycles. The van der Waals surface area contributed by atoms with Gasteiger partial charge in [-0.05, 0) is 38.1 Å². The predicted octanol–water partition coefficient (Wildman–Crippen LogP) is 3.76. The summed E-state index contributed by atoms with van der Waals surface area (Å²) in [5.41, 5.74) is 0.120. The Morgan fingerprint density at radius 3 is 2.37 bits per heavy atom. The third kappa shape index (κ3) is 5.60. The number of nitro groups is 1. The second-order valence-electron chi connectivity index (χ2n) is 6.10. The number of nitrogens with one attached hydrogen (secondary N) is 1. The summed E-state index contributed by atoms with van der Waals surface area (Å²) < 4.78 is 10.6. The summed E-state index contributed by atoms with van der Waals surface area (Å²) in [6.07, 6.45) is 0. The third-order valence-corrected chi connectivity index (χ3v) is 4.59. The number of benzene rings is 2. The van der Waals surface area contributed by atoms with Gasteiger partial charge >= 0.3 is 0 Å². The van der Waals surface area contributed by atoms with Crippen molar-refractivity contribution in [2.24, 2.45) is 0 Å². The number of likely N-dealkylation sites (N-methyl/N-ethyl adjacent to an activating group) is 1. The largest absolute Gasteiger partial charge is 0.496 e. The second kappa shape index (κ2) is 10.4. The number of nitrogens with zero attached hydrogens (tertiary/aromatic N) is 2. The molecule has 0 atom stereocenters. The Morgan fingerprint density at radius 1 is 1.13 bits per heavy atom. The number of hydrogen-bond acceptors (Lipinski definition) is 6. The number of carbonyl (C=O) groups excluding carboxylic acids is 2. The summed E-state index contributed by atoms with van der Waals surface area (Å²) in [6, 6.07) is 8.26. The van der Waals surface area contributed by atoms with Gasteiger partial charge in [-0.15, -0.1) is 0 Å². The molecule has 0 unspecified atom stereocenters. The van der Waals surface area contributed by atoms with E-state index in [0.717, 1.165) is 6.07 Å². The number of halogens is 1. The van der Waals surface area contributed by atoms with Crippen molar-refractivity contribution in [3.8, 4) is 11.5 Å². The number of rotatable bonds is 9. The molecule has 30 heavy (non-hydrogen) atoms. The van der Waals surface area contributed by atoms with Gasteiger partial charge < -0.3 is 19.7 Å². The highest BCUT2D eigenvalue weighted by molar-refractivity contribution is 6.32. The molecule has 0 heterocycles. The molecule has 0 aromatic heterocycles. The van der Waals surface area contributed by atoms with E-state index in [0.29, 0.717) is 24.5 Å². The molecule has 2 rings (SSSR count). The maximum atomic E-state index is 12.6. The smallest absolute Gasteiger partial charge is 0.270 e. The van der Waals surface area contributed by atoms with Crippen LogP contribution >= 0.6 is 11.6 Å². The molecule has 0 saturated heterocycles. The van der Waals surface area contributed by atoms with E-state index in [1.54, 1.807) is 11.0 Å². The number of methoxy groups -OCH3 is 1. The van der Waals surface area contributed by atoms with E-state index >= 15 is 0 Å². The summed E-state index contributed by atoms with van der Waals surface area (Å²) >= 11 is 6.20. The number of anilines is 1. The first-order valence-electron chi connectivity index (χ1n) is 9.14. The third-order valence-electron chi connectivity index (χ3n) is 4.30. The number of carbonyl (C=O) groups is 2. The summed E-state index contributed by atoms with van der Waals surface area (Å²) in [5.74, 6) is -0.273. The van der Waals surface area contributed by atoms with E-state index in [2.05, 4.69) is 5.32 Å². The molecule has 160 valence electrons. The average molecular weight is 436 g/mol. The van der Waals surface area contributed by atoms with Crippen LogP contribution in [-0.2, 0) is 4.79 Å². The van der Waals surface area contributed by atoms with Crippen LogP contribution in [0.1, 0.15) is 24.2 Å². The van der Waals surface area contributed by atoms with Gasteiger partial charge in [0.05, 0.1) is 22.6 Å². The number of hydrogen-bond donors (Lipinski definition) is 1. The molecule has 0 bridgehead atoms. The average Bonchev–Trinajstić information content (AvgIpc) is 2.73. The van der Waals surface area contributed by atoms with Crippen LogP contribution in [0.5, 0.6) is 11.5 Å². The lowest BCUT2D eigenvalue weighted by atomic mass is 10.1. The number of nitro benzene ring substituents is 1. The Hall–Kier alpha value is -3.33. The molecule has 10 heteroatoms. The minimum Gasteiger partial charge on any atom is -0.496 e. The van der Waals surface area contributed by atoms with Gasteiger partial charge in [0, 0.05) is 30.9 Å². The van der Waals surface area contributed by atoms with Crippen LogP contribution in [0.3, 0.4) is 0 Å². The predicted molar refractivity (Wildman–Crippen MR) is 112 cm³/mol. The van der Waals surface area contributed by atoms with Crippen molar-refractivity contribution in [2.45, 2.75) is 13.8 Å². The Bertz CT molecular complexity index is 946. The van der Waals surface area contributed by atoms with Gasteiger partial charge in [0.2, 0.25) is 0 Å². The maximum Gasteiger partial charge on any atom is 0.270 e. The number of non-ortho nitro benzene ring substituents is 1. The highest BCUT2D eigenvalue weighted by Crippen LogP contribution is 2.29. The van der Waals surface area contributed by atoms with Gasteiger partial charge in [-0.3, -0.25) is 19.7 Å². The molecule has 2 aromatic carbocycles. The molecule has 0 spiro atoms. The van der Waals surface area contributed by atoms with Gasteiger partial charge in [0.25, 0.3) is 17.5 Å². The maximum absolute atomic E-state index is 12.6. The number of amides is 2. The van der Waals surface area contributed by atoms with E-state index in [1.807, 2.05) is 13.8 Å². The second-order valence-corrected chi connectivity index (χ2v) is 6.50. The van der Waals surface area contributed by atoms with Gasteiger partial charge in [0.15, 0.2) is 6.61 Å². The molecule has 0 radical (unpaired) electrons.